The second-order valence-electron chi connectivity index (χ2n) is 5.19. The first kappa shape index (κ1) is 12.6. The molecule has 19 heavy (non-hydrogen) atoms. The van der Waals surface area contributed by atoms with Crippen LogP contribution in [0.5, 0.6) is 0 Å². The van der Waals surface area contributed by atoms with Gasteiger partial charge in [0.1, 0.15) is 0 Å². The van der Waals surface area contributed by atoms with Gasteiger partial charge in [0.05, 0.1) is 11.1 Å². The second-order valence-corrected chi connectivity index (χ2v) is 6.16. The fraction of sp³-hybridized carbons (Fsp3) is 0.400. The van der Waals surface area contributed by atoms with Crippen molar-refractivity contribution in [2.45, 2.75) is 24.9 Å². The van der Waals surface area contributed by atoms with Crippen LogP contribution in [0.3, 0.4) is 0 Å². The summed E-state index contributed by atoms with van der Waals surface area (Å²) >= 11 is 1.63. The number of aromatic nitrogens is 1. The Morgan fingerprint density at radius 1 is 1.21 bits per heavy atom. The van der Waals surface area contributed by atoms with Crippen LogP contribution in [0, 0.1) is 0 Å². The highest BCUT2D eigenvalue weighted by atomic mass is 32.1. The number of nitrogens with zero attached hydrogens (tertiary/aromatic N) is 2. The summed E-state index contributed by atoms with van der Waals surface area (Å²) < 4.78 is 0. The molecule has 1 fully saturated rings. The molecule has 2 aromatic rings. The normalized spacial score (nSPS) is 18.5. The predicted molar refractivity (Wildman–Crippen MR) is 78.7 cm³/mol. The number of thiazole rings is 1. The monoisotopic (exact) mass is 274 g/mol. The van der Waals surface area contributed by atoms with Crippen molar-refractivity contribution in [3.63, 3.8) is 0 Å². The van der Waals surface area contributed by atoms with Crippen LogP contribution in [0.4, 0.5) is 5.69 Å². The van der Waals surface area contributed by atoms with Gasteiger partial charge in [-0.1, -0.05) is 18.2 Å². The summed E-state index contributed by atoms with van der Waals surface area (Å²) in [7, 11) is 0. The van der Waals surface area contributed by atoms with Crippen molar-refractivity contribution >= 4 is 17.0 Å². The van der Waals surface area contributed by atoms with Crippen LogP contribution in [0.25, 0.3) is 0 Å². The lowest BCUT2D eigenvalue weighted by Gasteiger charge is -2.39. The predicted octanol–water partition coefficient (Wildman–Crippen LogP) is 2.72. The lowest BCUT2D eigenvalue weighted by Crippen LogP contribution is -2.45. The van der Waals surface area contributed by atoms with E-state index in [4.69, 9.17) is 0 Å². The van der Waals surface area contributed by atoms with Gasteiger partial charge in [0.25, 0.3) is 0 Å². The van der Waals surface area contributed by atoms with Crippen LogP contribution in [0.1, 0.15) is 17.7 Å². The average Bonchev–Trinajstić information content (AvgIpc) is 2.93. The van der Waals surface area contributed by atoms with Gasteiger partial charge in [-0.25, -0.2) is 0 Å². The lowest BCUT2D eigenvalue weighted by molar-refractivity contribution is 0.0172. The summed E-state index contributed by atoms with van der Waals surface area (Å²) in [5.41, 5.74) is 2.53. The third kappa shape index (κ3) is 2.96. The smallest absolute Gasteiger partial charge is 0.0794 e. The molecule has 100 valence electrons. The Morgan fingerprint density at radius 2 is 1.95 bits per heavy atom. The Morgan fingerprint density at radius 3 is 2.58 bits per heavy atom. The number of benzene rings is 1. The van der Waals surface area contributed by atoms with Gasteiger partial charge in [0, 0.05) is 36.3 Å². The Bertz CT molecular complexity index is 504. The minimum Gasteiger partial charge on any atom is -0.389 e. The van der Waals surface area contributed by atoms with E-state index in [0.717, 1.165) is 32.4 Å². The zero-order valence-electron chi connectivity index (χ0n) is 10.8. The first-order valence-corrected chi connectivity index (χ1v) is 7.53. The maximum absolute atomic E-state index is 10.7. The zero-order chi connectivity index (χ0) is 13.1. The fourth-order valence-corrected chi connectivity index (χ4v) is 3.38. The molecule has 3 rings (SSSR count). The van der Waals surface area contributed by atoms with Crippen molar-refractivity contribution in [2.24, 2.45) is 0 Å². The van der Waals surface area contributed by atoms with E-state index in [2.05, 4.69) is 34.1 Å². The van der Waals surface area contributed by atoms with E-state index in [-0.39, 0.29) is 0 Å². The second kappa shape index (κ2) is 5.31. The Balaban J connectivity index is 1.62. The van der Waals surface area contributed by atoms with Crippen LogP contribution in [0.15, 0.2) is 42.0 Å². The van der Waals surface area contributed by atoms with Crippen molar-refractivity contribution < 1.29 is 5.11 Å². The van der Waals surface area contributed by atoms with Gasteiger partial charge in [-0.3, -0.25) is 4.98 Å². The summed E-state index contributed by atoms with van der Waals surface area (Å²) in [4.78, 5) is 7.60. The molecule has 2 heterocycles. The fourth-order valence-electron chi connectivity index (χ4n) is 2.65. The molecular formula is C15H18N2OS. The van der Waals surface area contributed by atoms with Gasteiger partial charge in [-0.15, -0.1) is 11.3 Å². The number of anilines is 1. The number of aliphatic hydroxyl groups is 1. The Hall–Kier alpha value is -1.39. The first-order chi connectivity index (χ1) is 9.25. The molecule has 3 nitrogen and oxygen atoms in total. The molecular weight excluding hydrogens is 256 g/mol. The molecule has 1 saturated heterocycles. The molecule has 0 saturated carbocycles. The Labute approximate surface area is 117 Å². The SMILES string of the molecule is OC1(Cc2cncs2)CCN(c2ccccc2)CC1. The van der Waals surface area contributed by atoms with Crippen molar-refractivity contribution in [3.8, 4) is 0 Å². The van der Waals surface area contributed by atoms with E-state index in [1.54, 1.807) is 11.3 Å². The molecule has 1 aromatic heterocycles. The molecule has 0 bridgehead atoms. The summed E-state index contributed by atoms with van der Waals surface area (Å²) in [5, 5.41) is 10.7. The number of hydrogen-bond acceptors (Lipinski definition) is 4. The highest BCUT2D eigenvalue weighted by Crippen LogP contribution is 2.29. The van der Waals surface area contributed by atoms with Crippen LogP contribution in [-0.4, -0.2) is 28.8 Å². The molecule has 1 aliphatic rings. The quantitative estimate of drug-likeness (QED) is 0.935. The Kier molecular flexibility index (Phi) is 3.53. The molecule has 0 radical (unpaired) electrons. The topological polar surface area (TPSA) is 36.4 Å². The highest BCUT2D eigenvalue weighted by Gasteiger charge is 2.32. The van der Waals surface area contributed by atoms with Gasteiger partial charge < -0.3 is 10.0 Å². The molecule has 0 unspecified atom stereocenters. The molecule has 0 amide bonds. The van der Waals surface area contributed by atoms with Crippen molar-refractivity contribution in [1.29, 1.82) is 0 Å². The minimum absolute atomic E-state index is 0.558. The summed E-state index contributed by atoms with van der Waals surface area (Å²) in [6, 6.07) is 10.4. The zero-order valence-corrected chi connectivity index (χ0v) is 11.6. The number of rotatable bonds is 3. The summed E-state index contributed by atoms with van der Waals surface area (Å²) in [5.74, 6) is 0. The number of hydrogen-bond donors (Lipinski definition) is 1. The van der Waals surface area contributed by atoms with Gasteiger partial charge >= 0.3 is 0 Å². The van der Waals surface area contributed by atoms with Crippen molar-refractivity contribution in [2.75, 3.05) is 18.0 Å². The maximum Gasteiger partial charge on any atom is 0.0794 e. The van der Waals surface area contributed by atoms with Gasteiger partial charge in [-0.2, -0.15) is 0 Å². The minimum atomic E-state index is -0.558. The largest absolute Gasteiger partial charge is 0.389 e. The molecule has 1 aromatic carbocycles. The van der Waals surface area contributed by atoms with E-state index in [9.17, 15) is 5.11 Å². The molecule has 0 spiro atoms. The van der Waals surface area contributed by atoms with Crippen molar-refractivity contribution in [3.05, 3.63) is 46.9 Å². The van der Waals surface area contributed by atoms with Crippen LogP contribution < -0.4 is 4.90 Å². The van der Waals surface area contributed by atoms with Gasteiger partial charge in [-0.05, 0) is 25.0 Å². The lowest BCUT2D eigenvalue weighted by atomic mass is 9.87. The van der Waals surface area contributed by atoms with E-state index in [1.807, 2.05) is 17.8 Å². The van der Waals surface area contributed by atoms with Crippen LogP contribution >= 0.6 is 11.3 Å². The first-order valence-electron chi connectivity index (χ1n) is 6.65. The molecule has 1 aliphatic heterocycles. The van der Waals surface area contributed by atoms with Crippen molar-refractivity contribution in [1.82, 2.24) is 4.98 Å². The highest BCUT2D eigenvalue weighted by molar-refractivity contribution is 7.09. The molecule has 1 N–H and O–H groups in total. The van der Waals surface area contributed by atoms with Gasteiger partial charge in [0.2, 0.25) is 0 Å². The average molecular weight is 274 g/mol. The third-order valence-electron chi connectivity index (χ3n) is 3.80. The van der Waals surface area contributed by atoms with E-state index in [0.29, 0.717) is 0 Å². The molecule has 0 atom stereocenters. The van der Waals surface area contributed by atoms with Crippen LogP contribution in [-0.2, 0) is 6.42 Å². The molecule has 0 aliphatic carbocycles. The van der Waals surface area contributed by atoms with Crippen LogP contribution in [0.2, 0.25) is 0 Å². The van der Waals surface area contributed by atoms with E-state index < -0.39 is 5.60 Å². The third-order valence-corrected chi connectivity index (χ3v) is 4.58. The van der Waals surface area contributed by atoms with E-state index >= 15 is 0 Å². The standard InChI is InChI=1S/C15H18N2OS/c18-15(10-14-11-16-12-19-14)6-8-17(9-7-15)13-4-2-1-3-5-13/h1-5,11-12,18H,6-10H2. The van der Waals surface area contributed by atoms with Gasteiger partial charge in [0.15, 0.2) is 0 Å². The molecule has 4 heteroatoms. The number of piperidine rings is 1. The van der Waals surface area contributed by atoms with E-state index in [1.165, 1.54) is 10.6 Å². The maximum atomic E-state index is 10.7. The summed E-state index contributed by atoms with van der Waals surface area (Å²) in [6.07, 6.45) is 4.24. The summed E-state index contributed by atoms with van der Waals surface area (Å²) in [6.45, 7) is 1.83. The number of para-hydroxylation sites is 1.